The number of anilines is 1. The Bertz CT molecular complexity index is 352. The SMILES string of the molecule is CC(C)c1c(Cl)ncnc1NCCCN(C)C. The molecule has 0 amide bonds. The van der Waals surface area contributed by atoms with Crippen molar-refractivity contribution >= 4 is 17.4 Å². The van der Waals surface area contributed by atoms with Gasteiger partial charge in [0.15, 0.2) is 0 Å². The van der Waals surface area contributed by atoms with Gasteiger partial charge in [0, 0.05) is 12.1 Å². The topological polar surface area (TPSA) is 41.1 Å². The van der Waals surface area contributed by atoms with Crippen LogP contribution in [0.5, 0.6) is 0 Å². The number of aromatic nitrogens is 2. The van der Waals surface area contributed by atoms with Crippen LogP contribution in [0.4, 0.5) is 5.82 Å². The lowest BCUT2D eigenvalue weighted by Gasteiger charge is -2.15. The Morgan fingerprint density at radius 2 is 2.06 bits per heavy atom. The van der Waals surface area contributed by atoms with Crippen LogP contribution in [0.2, 0.25) is 5.15 Å². The molecule has 0 spiro atoms. The molecule has 1 rings (SSSR count). The van der Waals surface area contributed by atoms with Crippen LogP contribution in [0.15, 0.2) is 6.33 Å². The van der Waals surface area contributed by atoms with Gasteiger partial charge in [-0.2, -0.15) is 0 Å². The second kappa shape index (κ2) is 6.77. The molecule has 0 radical (unpaired) electrons. The van der Waals surface area contributed by atoms with Crippen LogP contribution >= 0.6 is 11.6 Å². The molecule has 0 aliphatic carbocycles. The minimum Gasteiger partial charge on any atom is -0.370 e. The van der Waals surface area contributed by atoms with E-state index in [2.05, 4.69) is 48.1 Å². The summed E-state index contributed by atoms with van der Waals surface area (Å²) in [7, 11) is 4.14. The normalized spacial score (nSPS) is 11.2. The predicted molar refractivity (Wildman–Crippen MR) is 72.8 cm³/mol. The molecule has 0 aliphatic heterocycles. The number of hydrogen-bond acceptors (Lipinski definition) is 4. The summed E-state index contributed by atoms with van der Waals surface area (Å²) in [5, 5.41) is 3.87. The van der Waals surface area contributed by atoms with Gasteiger partial charge in [-0.1, -0.05) is 25.4 Å². The molecule has 96 valence electrons. The van der Waals surface area contributed by atoms with E-state index in [0.29, 0.717) is 11.1 Å². The van der Waals surface area contributed by atoms with Crippen LogP contribution in [-0.4, -0.2) is 42.1 Å². The smallest absolute Gasteiger partial charge is 0.138 e. The van der Waals surface area contributed by atoms with E-state index in [1.807, 2.05) is 0 Å². The van der Waals surface area contributed by atoms with E-state index >= 15 is 0 Å². The van der Waals surface area contributed by atoms with Gasteiger partial charge >= 0.3 is 0 Å². The summed E-state index contributed by atoms with van der Waals surface area (Å²) < 4.78 is 0. The van der Waals surface area contributed by atoms with Crippen molar-refractivity contribution in [3.63, 3.8) is 0 Å². The van der Waals surface area contributed by atoms with Crippen LogP contribution in [-0.2, 0) is 0 Å². The second-order valence-corrected chi connectivity index (χ2v) is 5.02. The lowest BCUT2D eigenvalue weighted by atomic mass is 10.1. The van der Waals surface area contributed by atoms with E-state index in [0.717, 1.165) is 30.9 Å². The van der Waals surface area contributed by atoms with E-state index in [4.69, 9.17) is 11.6 Å². The Balaban J connectivity index is 2.61. The Morgan fingerprint density at radius 3 is 2.65 bits per heavy atom. The fraction of sp³-hybridized carbons (Fsp3) is 0.667. The molecule has 5 heteroatoms. The first-order valence-corrected chi connectivity index (χ1v) is 6.29. The molecule has 1 heterocycles. The first-order chi connectivity index (χ1) is 8.02. The first-order valence-electron chi connectivity index (χ1n) is 5.91. The van der Waals surface area contributed by atoms with Crippen molar-refractivity contribution in [2.24, 2.45) is 0 Å². The van der Waals surface area contributed by atoms with Crippen LogP contribution in [0.25, 0.3) is 0 Å². The van der Waals surface area contributed by atoms with Crippen molar-refractivity contribution in [1.82, 2.24) is 14.9 Å². The Kier molecular flexibility index (Phi) is 5.65. The van der Waals surface area contributed by atoms with Gasteiger partial charge in [-0.05, 0) is 33.0 Å². The number of rotatable bonds is 6. The number of hydrogen-bond donors (Lipinski definition) is 1. The standard InChI is InChI=1S/C12H21ClN4/c1-9(2)10-11(13)15-8-16-12(10)14-6-5-7-17(3)4/h8-9H,5-7H2,1-4H3,(H,14,15,16). The molecule has 0 atom stereocenters. The van der Waals surface area contributed by atoms with Crippen molar-refractivity contribution in [3.8, 4) is 0 Å². The van der Waals surface area contributed by atoms with Crippen molar-refractivity contribution < 1.29 is 0 Å². The maximum absolute atomic E-state index is 6.09. The highest BCUT2D eigenvalue weighted by Crippen LogP contribution is 2.27. The monoisotopic (exact) mass is 256 g/mol. The van der Waals surface area contributed by atoms with Crippen LogP contribution < -0.4 is 5.32 Å². The first kappa shape index (κ1) is 14.2. The van der Waals surface area contributed by atoms with Gasteiger partial charge < -0.3 is 10.2 Å². The van der Waals surface area contributed by atoms with Gasteiger partial charge in [-0.15, -0.1) is 0 Å². The molecule has 0 unspecified atom stereocenters. The third kappa shape index (κ3) is 4.48. The summed E-state index contributed by atoms with van der Waals surface area (Å²) in [6.45, 7) is 6.14. The quantitative estimate of drug-likeness (QED) is 0.628. The highest BCUT2D eigenvalue weighted by atomic mass is 35.5. The molecule has 0 bridgehead atoms. The second-order valence-electron chi connectivity index (χ2n) is 4.67. The fourth-order valence-electron chi connectivity index (χ4n) is 1.63. The zero-order chi connectivity index (χ0) is 12.8. The molecular weight excluding hydrogens is 236 g/mol. The highest BCUT2D eigenvalue weighted by Gasteiger charge is 2.12. The van der Waals surface area contributed by atoms with Crippen LogP contribution in [0, 0.1) is 0 Å². The molecule has 17 heavy (non-hydrogen) atoms. The van der Waals surface area contributed by atoms with E-state index in [1.165, 1.54) is 6.33 Å². The lowest BCUT2D eigenvalue weighted by Crippen LogP contribution is -2.17. The Morgan fingerprint density at radius 1 is 1.35 bits per heavy atom. The van der Waals surface area contributed by atoms with Crippen LogP contribution in [0.1, 0.15) is 31.7 Å². The third-order valence-corrected chi connectivity index (χ3v) is 2.79. The molecular formula is C12H21ClN4. The van der Waals surface area contributed by atoms with Gasteiger partial charge in [0.2, 0.25) is 0 Å². The fourth-order valence-corrected chi connectivity index (χ4v) is 1.98. The average Bonchev–Trinajstić information content (AvgIpc) is 2.23. The maximum atomic E-state index is 6.09. The average molecular weight is 257 g/mol. The third-order valence-electron chi connectivity index (χ3n) is 2.49. The minimum atomic E-state index is 0.319. The van der Waals surface area contributed by atoms with Gasteiger partial charge in [0.1, 0.15) is 17.3 Å². The van der Waals surface area contributed by atoms with Gasteiger partial charge in [0.05, 0.1) is 0 Å². The molecule has 0 aliphatic rings. The summed E-state index contributed by atoms with van der Waals surface area (Å²) in [4.78, 5) is 10.4. The van der Waals surface area contributed by atoms with E-state index < -0.39 is 0 Å². The molecule has 1 N–H and O–H groups in total. The zero-order valence-electron chi connectivity index (χ0n) is 11.0. The van der Waals surface area contributed by atoms with Gasteiger partial charge in [0.25, 0.3) is 0 Å². The van der Waals surface area contributed by atoms with Crippen LogP contribution in [0.3, 0.4) is 0 Å². The molecule has 0 saturated heterocycles. The molecule has 1 aromatic heterocycles. The Labute approximate surface area is 108 Å². The molecule has 1 aromatic rings. The lowest BCUT2D eigenvalue weighted by molar-refractivity contribution is 0.405. The van der Waals surface area contributed by atoms with Gasteiger partial charge in [-0.3, -0.25) is 0 Å². The minimum absolute atomic E-state index is 0.319. The summed E-state index contributed by atoms with van der Waals surface area (Å²) >= 11 is 6.09. The number of nitrogens with one attached hydrogen (secondary N) is 1. The molecule has 0 fully saturated rings. The summed E-state index contributed by atoms with van der Waals surface area (Å²) in [5.74, 6) is 1.18. The van der Waals surface area contributed by atoms with Crippen molar-refractivity contribution in [3.05, 3.63) is 17.0 Å². The van der Waals surface area contributed by atoms with Crippen molar-refractivity contribution in [1.29, 1.82) is 0 Å². The highest BCUT2D eigenvalue weighted by molar-refractivity contribution is 6.30. The Hall–Kier alpha value is -0.870. The summed E-state index contributed by atoms with van der Waals surface area (Å²) in [5.41, 5.74) is 0.999. The largest absolute Gasteiger partial charge is 0.370 e. The molecule has 4 nitrogen and oxygen atoms in total. The van der Waals surface area contributed by atoms with Crippen molar-refractivity contribution in [2.45, 2.75) is 26.2 Å². The summed E-state index contributed by atoms with van der Waals surface area (Å²) in [6, 6.07) is 0. The van der Waals surface area contributed by atoms with E-state index in [-0.39, 0.29) is 0 Å². The van der Waals surface area contributed by atoms with E-state index in [9.17, 15) is 0 Å². The van der Waals surface area contributed by atoms with Crippen molar-refractivity contribution in [2.75, 3.05) is 32.5 Å². The molecule has 0 saturated carbocycles. The number of nitrogens with zero attached hydrogens (tertiary/aromatic N) is 3. The number of halogens is 1. The zero-order valence-corrected chi connectivity index (χ0v) is 11.8. The summed E-state index contributed by atoms with van der Waals surface area (Å²) in [6.07, 6.45) is 2.58. The maximum Gasteiger partial charge on any atom is 0.138 e. The van der Waals surface area contributed by atoms with Gasteiger partial charge in [-0.25, -0.2) is 9.97 Å². The molecule has 0 aromatic carbocycles. The predicted octanol–water partition coefficient (Wildman–Crippen LogP) is 2.62. The van der Waals surface area contributed by atoms with E-state index in [1.54, 1.807) is 0 Å².